The molecular formula is C11H19NOS. The Hall–Kier alpha value is -0.380. The van der Waals surface area contributed by atoms with Crippen LogP contribution in [0.1, 0.15) is 25.8 Å². The van der Waals surface area contributed by atoms with E-state index in [1.54, 1.807) is 11.3 Å². The molecule has 0 radical (unpaired) electrons. The molecule has 0 fully saturated rings. The molecule has 2 N–H and O–H groups in total. The second kappa shape index (κ2) is 6.17. The lowest BCUT2D eigenvalue weighted by Gasteiger charge is -2.13. The van der Waals surface area contributed by atoms with Crippen LogP contribution in [0.15, 0.2) is 16.8 Å². The van der Waals surface area contributed by atoms with Gasteiger partial charge in [0, 0.05) is 13.1 Å². The van der Waals surface area contributed by atoms with Gasteiger partial charge in [-0.15, -0.1) is 0 Å². The number of nitrogens with one attached hydrogen (secondary N) is 1. The van der Waals surface area contributed by atoms with Crippen molar-refractivity contribution < 1.29 is 5.11 Å². The number of thiophene rings is 1. The molecule has 0 bridgehead atoms. The predicted octanol–water partition coefficient (Wildman–Crippen LogP) is 2.24. The monoisotopic (exact) mass is 213 g/mol. The van der Waals surface area contributed by atoms with Crippen molar-refractivity contribution in [3.8, 4) is 0 Å². The quantitative estimate of drug-likeness (QED) is 0.759. The molecule has 0 saturated carbocycles. The highest BCUT2D eigenvalue weighted by Gasteiger charge is 2.05. The molecule has 1 unspecified atom stereocenters. The van der Waals surface area contributed by atoms with Crippen LogP contribution >= 0.6 is 11.3 Å². The van der Waals surface area contributed by atoms with Crippen molar-refractivity contribution in [3.05, 3.63) is 22.4 Å². The van der Waals surface area contributed by atoms with E-state index in [2.05, 4.69) is 36.0 Å². The Bertz CT molecular complexity index is 233. The maximum atomic E-state index is 9.59. The minimum atomic E-state index is -0.214. The summed E-state index contributed by atoms with van der Waals surface area (Å²) in [7, 11) is 0. The summed E-state index contributed by atoms with van der Waals surface area (Å²) >= 11 is 1.71. The van der Waals surface area contributed by atoms with Gasteiger partial charge in [-0.1, -0.05) is 13.8 Å². The SMILES string of the molecule is CC(C)CC(O)CNCc1ccsc1. The van der Waals surface area contributed by atoms with E-state index in [-0.39, 0.29) is 6.10 Å². The largest absolute Gasteiger partial charge is 0.392 e. The summed E-state index contributed by atoms with van der Waals surface area (Å²) in [6.45, 7) is 5.80. The summed E-state index contributed by atoms with van der Waals surface area (Å²) in [5, 5.41) is 17.0. The van der Waals surface area contributed by atoms with Crippen LogP contribution in [-0.2, 0) is 6.54 Å². The van der Waals surface area contributed by atoms with Crippen molar-refractivity contribution in [2.45, 2.75) is 32.9 Å². The second-order valence-corrected chi connectivity index (χ2v) is 4.83. The molecule has 1 aromatic heterocycles. The summed E-state index contributed by atoms with van der Waals surface area (Å²) in [6, 6.07) is 2.10. The Morgan fingerprint density at radius 1 is 1.50 bits per heavy atom. The molecule has 14 heavy (non-hydrogen) atoms. The van der Waals surface area contributed by atoms with E-state index in [0.29, 0.717) is 12.5 Å². The lowest BCUT2D eigenvalue weighted by Crippen LogP contribution is -2.27. The topological polar surface area (TPSA) is 32.3 Å². The van der Waals surface area contributed by atoms with E-state index in [4.69, 9.17) is 0 Å². The van der Waals surface area contributed by atoms with E-state index in [1.165, 1.54) is 5.56 Å². The number of aliphatic hydroxyl groups is 1. The van der Waals surface area contributed by atoms with Crippen molar-refractivity contribution in [2.24, 2.45) is 5.92 Å². The number of hydrogen-bond acceptors (Lipinski definition) is 3. The summed E-state index contributed by atoms with van der Waals surface area (Å²) in [6.07, 6.45) is 0.657. The van der Waals surface area contributed by atoms with Crippen LogP contribution < -0.4 is 5.32 Å². The van der Waals surface area contributed by atoms with Crippen LogP contribution in [0, 0.1) is 5.92 Å². The number of rotatable bonds is 6. The van der Waals surface area contributed by atoms with Crippen molar-refractivity contribution in [2.75, 3.05) is 6.54 Å². The zero-order valence-electron chi connectivity index (χ0n) is 8.86. The van der Waals surface area contributed by atoms with E-state index >= 15 is 0 Å². The zero-order valence-corrected chi connectivity index (χ0v) is 9.68. The molecule has 1 heterocycles. The molecule has 1 aromatic rings. The average Bonchev–Trinajstić information content (AvgIpc) is 2.55. The van der Waals surface area contributed by atoms with Crippen LogP contribution in [-0.4, -0.2) is 17.8 Å². The smallest absolute Gasteiger partial charge is 0.0667 e. The van der Waals surface area contributed by atoms with E-state index in [0.717, 1.165) is 13.0 Å². The Balaban J connectivity index is 2.09. The van der Waals surface area contributed by atoms with Crippen LogP contribution in [0.3, 0.4) is 0 Å². The third-order valence-electron chi connectivity index (χ3n) is 2.03. The minimum Gasteiger partial charge on any atom is -0.392 e. The molecule has 3 heteroatoms. The fourth-order valence-electron chi connectivity index (χ4n) is 1.40. The lowest BCUT2D eigenvalue weighted by molar-refractivity contribution is 0.146. The van der Waals surface area contributed by atoms with Gasteiger partial charge in [-0.05, 0) is 34.7 Å². The minimum absolute atomic E-state index is 0.214. The van der Waals surface area contributed by atoms with Crippen LogP contribution in [0.4, 0.5) is 0 Å². The van der Waals surface area contributed by atoms with Crippen LogP contribution in [0.2, 0.25) is 0 Å². The highest BCUT2D eigenvalue weighted by molar-refractivity contribution is 7.07. The molecule has 0 aliphatic heterocycles. The van der Waals surface area contributed by atoms with Gasteiger partial charge in [0.05, 0.1) is 6.10 Å². The van der Waals surface area contributed by atoms with Crippen molar-refractivity contribution >= 4 is 11.3 Å². The molecular weight excluding hydrogens is 194 g/mol. The maximum Gasteiger partial charge on any atom is 0.0667 e. The normalized spacial score (nSPS) is 13.4. The van der Waals surface area contributed by atoms with E-state index in [9.17, 15) is 5.11 Å². The molecule has 0 aliphatic rings. The second-order valence-electron chi connectivity index (χ2n) is 4.05. The first-order valence-electron chi connectivity index (χ1n) is 5.08. The molecule has 80 valence electrons. The molecule has 0 saturated heterocycles. The molecule has 2 nitrogen and oxygen atoms in total. The first kappa shape index (κ1) is 11.7. The zero-order chi connectivity index (χ0) is 10.4. The third kappa shape index (κ3) is 4.74. The highest BCUT2D eigenvalue weighted by Crippen LogP contribution is 2.06. The van der Waals surface area contributed by atoms with Crippen molar-refractivity contribution in [1.29, 1.82) is 0 Å². The number of aliphatic hydroxyl groups excluding tert-OH is 1. The Morgan fingerprint density at radius 3 is 2.86 bits per heavy atom. The van der Waals surface area contributed by atoms with Gasteiger partial charge in [-0.2, -0.15) is 11.3 Å². The van der Waals surface area contributed by atoms with Gasteiger partial charge in [-0.25, -0.2) is 0 Å². The summed E-state index contributed by atoms with van der Waals surface area (Å²) in [5.41, 5.74) is 1.30. The average molecular weight is 213 g/mol. The van der Waals surface area contributed by atoms with Crippen molar-refractivity contribution in [3.63, 3.8) is 0 Å². The molecule has 0 amide bonds. The predicted molar refractivity (Wildman–Crippen MR) is 61.5 cm³/mol. The summed E-state index contributed by atoms with van der Waals surface area (Å²) in [4.78, 5) is 0. The van der Waals surface area contributed by atoms with Gasteiger partial charge < -0.3 is 10.4 Å². The lowest BCUT2D eigenvalue weighted by atomic mass is 10.1. The van der Waals surface area contributed by atoms with Gasteiger partial charge in [0.1, 0.15) is 0 Å². The van der Waals surface area contributed by atoms with Gasteiger partial charge in [-0.3, -0.25) is 0 Å². The summed E-state index contributed by atoms with van der Waals surface area (Å²) in [5.74, 6) is 0.563. The van der Waals surface area contributed by atoms with Gasteiger partial charge >= 0.3 is 0 Å². The van der Waals surface area contributed by atoms with Crippen LogP contribution in [0.5, 0.6) is 0 Å². The Labute approximate surface area is 90.0 Å². The van der Waals surface area contributed by atoms with Gasteiger partial charge in [0.2, 0.25) is 0 Å². The van der Waals surface area contributed by atoms with E-state index in [1.807, 2.05) is 0 Å². The van der Waals surface area contributed by atoms with Crippen molar-refractivity contribution in [1.82, 2.24) is 5.32 Å². The molecule has 0 aromatic carbocycles. The van der Waals surface area contributed by atoms with Gasteiger partial charge in [0.15, 0.2) is 0 Å². The first-order valence-corrected chi connectivity index (χ1v) is 6.02. The number of hydrogen-bond donors (Lipinski definition) is 2. The molecule has 1 rings (SSSR count). The molecule has 0 aliphatic carbocycles. The van der Waals surface area contributed by atoms with Crippen LogP contribution in [0.25, 0.3) is 0 Å². The third-order valence-corrected chi connectivity index (χ3v) is 2.76. The standard InChI is InChI=1S/C11H19NOS/c1-9(2)5-11(13)7-12-6-10-3-4-14-8-10/h3-4,8-9,11-13H,5-7H2,1-2H3. The fourth-order valence-corrected chi connectivity index (χ4v) is 2.07. The first-order chi connectivity index (χ1) is 6.68. The van der Waals surface area contributed by atoms with Gasteiger partial charge in [0.25, 0.3) is 0 Å². The summed E-state index contributed by atoms with van der Waals surface area (Å²) < 4.78 is 0. The fraction of sp³-hybridized carbons (Fsp3) is 0.636. The van der Waals surface area contributed by atoms with E-state index < -0.39 is 0 Å². The highest BCUT2D eigenvalue weighted by atomic mass is 32.1. The molecule has 0 spiro atoms. The Kier molecular flexibility index (Phi) is 5.15. The Morgan fingerprint density at radius 2 is 2.29 bits per heavy atom. The molecule has 1 atom stereocenters. The maximum absolute atomic E-state index is 9.59.